The van der Waals surface area contributed by atoms with Crippen LogP contribution in [0.5, 0.6) is 0 Å². The zero-order valence-electron chi connectivity index (χ0n) is 15.1. The number of anilines is 1. The number of nitrogens with one attached hydrogen (secondary N) is 2. The fourth-order valence-corrected chi connectivity index (χ4v) is 2.88. The standard InChI is InChI=1S/C17H23F2N5S.HI/c1-4-20-16(22-10-14-11-25-17(23-14)24(2)3)21-8-7-12-9-13(18)5-6-15(12)19;/h5-6,9,11H,4,7-8,10H2,1-3H3,(H2,20,21,22);1H. The summed E-state index contributed by atoms with van der Waals surface area (Å²) in [5.74, 6) is -0.209. The number of thiazole rings is 1. The van der Waals surface area contributed by atoms with Crippen molar-refractivity contribution in [3.63, 3.8) is 0 Å². The Morgan fingerprint density at radius 2 is 2.04 bits per heavy atom. The highest BCUT2D eigenvalue weighted by atomic mass is 127. The third kappa shape index (κ3) is 7.02. The summed E-state index contributed by atoms with van der Waals surface area (Å²) in [7, 11) is 3.89. The van der Waals surface area contributed by atoms with Crippen molar-refractivity contribution in [1.82, 2.24) is 15.6 Å². The topological polar surface area (TPSA) is 52.6 Å². The van der Waals surface area contributed by atoms with E-state index < -0.39 is 11.6 Å². The molecule has 0 amide bonds. The molecule has 0 atom stereocenters. The molecular formula is C17H24F2IN5S. The molecule has 0 aliphatic heterocycles. The van der Waals surface area contributed by atoms with Crippen LogP contribution in [0.15, 0.2) is 28.6 Å². The third-order valence-electron chi connectivity index (χ3n) is 3.36. The van der Waals surface area contributed by atoms with Crippen LogP contribution in [0.2, 0.25) is 0 Å². The van der Waals surface area contributed by atoms with Gasteiger partial charge < -0.3 is 15.5 Å². The van der Waals surface area contributed by atoms with E-state index in [1.54, 1.807) is 11.3 Å². The lowest BCUT2D eigenvalue weighted by atomic mass is 10.1. The average molecular weight is 495 g/mol. The van der Waals surface area contributed by atoms with Crippen molar-refractivity contribution in [2.45, 2.75) is 19.9 Å². The summed E-state index contributed by atoms with van der Waals surface area (Å²) in [5, 5.41) is 9.17. The minimum atomic E-state index is -0.433. The van der Waals surface area contributed by atoms with Crippen LogP contribution in [0, 0.1) is 11.6 Å². The number of halogens is 3. The van der Waals surface area contributed by atoms with E-state index in [0.717, 1.165) is 23.0 Å². The molecule has 1 heterocycles. The van der Waals surface area contributed by atoms with Crippen molar-refractivity contribution in [1.29, 1.82) is 0 Å². The molecule has 144 valence electrons. The summed E-state index contributed by atoms with van der Waals surface area (Å²) in [4.78, 5) is 10.9. The maximum Gasteiger partial charge on any atom is 0.191 e. The molecular weight excluding hydrogens is 471 g/mol. The minimum Gasteiger partial charge on any atom is -0.357 e. The van der Waals surface area contributed by atoms with Gasteiger partial charge in [0.1, 0.15) is 11.6 Å². The first-order chi connectivity index (χ1) is 12.0. The maximum atomic E-state index is 13.6. The molecule has 0 spiro atoms. The number of benzene rings is 1. The van der Waals surface area contributed by atoms with E-state index in [1.807, 2.05) is 31.3 Å². The average Bonchev–Trinajstić information content (AvgIpc) is 3.05. The Bertz CT molecular complexity index is 721. The Kier molecular flexibility index (Phi) is 9.78. The van der Waals surface area contributed by atoms with Gasteiger partial charge in [0.15, 0.2) is 11.1 Å². The van der Waals surface area contributed by atoms with Gasteiger partial charge in [-0.05, 0) is 37.1 Å². The number of aromatic nitrogens is 1. The summed E-state index contributed by atoms with van der Waals surface area (Å²) in [6, 6.07) is 3.49. The van der Waals surface area contributed by atoms with Crippen molar-refractivity contribution in [3.8, 4) is 0 Å². The largest absolute Gasteiger partial charge is 0.357 e. The van der Waals surface area contributed by atoms with E-state index in [2.05, 4.69) is 20.6 Å². The fraction of sp³-hybridized carbons (Fsp3) is 0.412. The molecule has 1 aromatic heterocycles. The first-order valence-corrected chi connectivity index (χ1v) is 8.95. The van der Waals surface area contributed by atoms with Gasteiger partial charge in [0, 0.05) is 32.6 Å². The highest BCUT2D eigenvalue weighted by molar-refractivity contribution is 14.0. The van der Waals surface area contributed by atoms with E-state index in [4.69, 9.17) is 0 Å². The number of hydrogen-bond donors (Lipinski definition) is 2. The Morgan fingerprint density at radius 1 is 1.27 bits per heavy atom. The van der Waals surface area contributed by atoms with Crippen LogP contribution in [-0.2, 0) is 13.0 Å². The number of hydrogen-bond acceptors (Lipinski definition) is 4. The molecule has 5 nitrogen and oxygen atoms in total. The second-order valence-corrected chi connectivity index (χ2v) is 6.46. The molecule has 0 saturated heterocycles. The number of nitrogens with zero attached hydrogens (tertiary/aromatic N) is 3. The Morgan fingerprint density at radius 3 is 2.69 bits per heavy atom. The van der Waals surface area contributed by atoms with Crippen LogP contribution in [0.4, 0.5) is 13.9 Å². The number of rotatable bonds is 7. The highest BCUT2D eigenvalue weighted by Gasteiger charge is 2.06. The van der Waals surface area contributed by atoms with Crippen LogP contribution >= 0.6 is 35.3 Å². The molecule has 2 aromatic rings. The zero-order valence-corrected chi connectivity index (χ0v) is 18.2. The molecule has 26 heavy (non-hydrogen) atoms. The lowest BCUT2D eigenvalue weighted by molar-refractivity contribution is 0.583. The molecule has 0 aliphatic rings. The number of aliphatic imine (C=N–C) groups is 1. The second-order valence-electron chi connectivity index (χ2n) is 5.62. The lowest BCUT2D eigenvalue weighted by Gasteiger charge is -2.11. The van der Waals surface area contributed by atoms with E-state index in [0.29, 0.717) is 37.6 Å². The zero-order chi connectivity index (χ0) is 18.2. The second kappa shape index (κ2) is 11.3. The van der Waals surface area contributed by atoms with Crippen molar-refractivity contribution in [2.75, 3.05) is 32.1 Å². The van der Waals surface area contributed by atoms with Crippen LogP contribution in [0.25, 0.3) is 0 Å². The predicted molar refractivity (Wildman–Crippen MR) is 115 cm³/mol. The Hall–Kier alpha value is -1.49. The molecule has 2 rings (SSSR count). The Labute approximate surface area is 173 Å². The van der Waals surface area contributed by atoms with Gasteiger partial charge in [-0.3, -0.25) is 0 Å². The normalized spacial score (nSPS) is 11.0. The van der Waals surface area contributed by atoms with E-state index in [1.165, 1.54) is 6.07 Å². The third-order valence-corrected chi connectivity index (χ3v) is 4.42. The minimum absolute atomic E-state index is 0. The SMILES string of the molecule is CCNC(=NCc1csc(N(C)C)n1)NCCc1cc(F)ccc1F.I. The summed E-state index contributed by atoms with van der Waals surface area (Å²) < 4.78 is 26.8. The van der Waals surface area contributed by atoms with Crippen LogP contribution in [0.3, 0.4) is 0 Å². The van der Waals surface area contributed by atoms with Gasteiger partial charge >= 0.3 is 0 Å². The lowest BCUT2D eigenvalue weighted by Crippen LogP contribution is -2.38. The van der Waals surface area contributed by atoms with Gasteiger partial charge in [-0.15, -0.1) is 35.3 Å². The van der Waals surface area contributed by atoms with Gasteiger partial charge in [0.25, 0.3) is 0 Å². The van der Waals surface area contributed by atoms with Crippen LogP contribution in [0.1, 0.15) is 18.2 Å². The van der Waals surface area contributed by atoms with Crippen LogP contribution in [-0.4, -0.2) is 38.1 Å². The summed E-state index contributed by atoms with van der Waals surface area (Å²) in [6.45, 7) is 3.58. The highest BCUT2D eigenvalue weighted by Crippen LogP contribution is 2.18. The molecule has 9 heteroatoms. The quantitative estimate of drug-likeness (QED) is 0.352. The van der Waals surface area contributed by atoms with Gasteiger partial charge in [-0.25, -0.2) is 18.8 Å². The molecule has 2 N–H and O–H groups in total. The molecule has 0 unspecified atom stereocenters. The smallest absolute Gasteiger partial charge is 0.191 e. The fourth-order valence-electron chi connectivity index (χ4n) is 2.13. The maximum absolute atomic E-state index is 13.6. The van der Waals surface area contributed by atoms with E-state index in [9.17, 15) is 8.78 Å². The molecule has 0 saturated carbocycles. The van der Waals surface area contributed by atoms with Gasteiger partial charge in [-0.2, -0.15) is 0 Å². The molecule has 1 aromatic carbocycles. The molecule has 0 aliphatic carbocycles. The predicted octanol–water partition coefficient (Wildman–Crippen LogP) is 3.40. The first kappa shape index (κ1) is 22.6. The van der Waals surface area contributed by atoms with Crippen LogP contribution < -0.4 is 15.5 Å². The van der Waals surface area contributed by atoms with E-state index in [-0.39, 0.29) is 24.0 Å². The number of guanidine groups is 1. The summed E-state index contributed by atoms with van der Waals surface area (Å²) in [6.07, 6.45) is 0.371. The van der Waals surface area contributed by atoms with Gasteiger partial charge in [0.05, 0.1) is 12.2 Å². The Balaban J connectivity index is 0.00000338. The molecule has 0 bridgehead atoms. The first-order valence-electron chi connectivity index (χ1n) is 8.07. The van der Waals surface area contributed by atoms with Crippen molar-refractivity contribution in [2.24, 2.45) is 4.99 Å². The van der Waals surface area contributed by atoms with Gasteiger partial charge in [-0.1, -0.05) is 0 Å². The molecule has 0 fully saturated rings. The van der Waals surface area contributed by atoms with Crippen molar-refractivity contribution < 1.29 is 8.78 Å². The van der Waals surface area contributed by atoms with Crippen molar-refractivity contribution >= 4 is 46.4 Å². The van der Waals surface area contributed by atoms with Gasteiger partial charge in [0.2, 0.25) is 0 Å². The van der Waals surface area contributed by atoms with E-state index >= 15 is 0 Å². The summed E-state index contributed by atoms with van der Waals surface area (Å²) in [5.41, 5.74) is 1.24. The molecule has 0 radical (unpaired) electrons. The monoisotopic (exact) mass is 495 g/mol. The summed E-state index contributed by atoms with van der Waals surface area (Å²) >= 11 is 1.57. The van der Waals surface area contributed by atoms with Crippen molar-refractivity contribution in [3.05, 3.63) is 46.5 Å².